The third-order valence-corrected chi connectivity index (χ3v) is 4.46. The number of fused-ring (bicyclic) bond motifs is 1. The molecular formula is C15H21Br2NO. The molecule has 0 aromatic heterocycles. The molecule has 1 aliphatic rings. The van der Waals surface area contributed by atoms with Gasteiger partial charge in [0.05, 0.1) is 6.61 Å². The van der Waals surface area contributed by atoms with Gasteiger partial charge in [-0.3, -0.25) is 0 Å². The van der Waals surface area contributed by atoms with Gasteiger partial charge in [0.2, 0.25) is 0 Å². The highest BCUT2D eigenvalue weighted by molar-refractivity contribution is 9.10. The van der Waals surface area contributed by atoms with Crippen LogP contribution in [-0.2, 0) is 13.0 Å². The molecule has 1 aromatic carbocycles. The minimum Gasteiger partial charge on any atom is -0.493 e. The lowest BCUT2D eigenvalue weighted by molar-refractivity contribution is 0.304. The van der Waals surface area contributed by atoms with Crippen LogP contribution in [0.4, 0.5) is 0 Å². The molecule has 0 atom stereocenters. The molecule has 1 heterocycles. The van der Waals surface area contributed by atoms with E-state index in [0.29, 0.717) is 0 Å². The number of nitrogens with zero attached hydrogens (tertiary/aromatic N) is 1. The van der Waals surface area contributed by atoms with Gasteiger partial charge < -0.3 is 9.64 Å². The summed E-state index contributed by atoms with van der Waals surface area (Å²) in [6.45, 7) is 2.94. The molecule has 0 amide bonds. The minimum atomic E-state index is 0.827. The van der Waals surface area contributed by atoms with Crippen LogP contribution in [0.5, 0.6) is 5.75 Å². The molecule has 0 N–H and O–H groups in total. The molecule has 0 bridgehead atoms. The van der Waals surface area contributed by atoms with Crippen molar-refractivity contribution < 1.29 is 4.74 Å². The highest BCUT2D eigenvalue weighted by atomic mass is 79.9. The number of ether oxygens (including phenoxy) is 1. The second-order valence-corrected chi connectivity index (χ2v) is 6.85. The third kappa shape index (κ3) is 4.47. The molecule has 0 aliphatic carbocycles. The van der Waals surface area contributed by atoms with Crippen molar-refractivity contribution >= 4 is 31.9 Å². The first kappa shape index (κ1) is 15.3. The first-order chi connectivity index (χ1) is 9.20. The smallest absolute Gasteiger partial charge is 0.127 e. The van der Waals surface area contributed by atoms with Crippen molar-refractivity contribution in [3.05, 3.63) is 27.7 Å². The van der Waals surface area contributed by atoms with Gasteiger partial charge in [0, 0.05) is 28.3 Å². The molecule has 19 heavy (non-hydrogen) atoms. The average Bonchev–Trinajstić information content (AvgIpc) is 2.82. The van der Waals surface area contributed by atoms with Crippen LogP contribution in [0.15, 0.2) is 16.6 Å². The Kier molecular flexibility index (Phi) is 6.17. The lowest BCUT2D eigenvalue weighted by Crippen LogP contribution is -2.19. The van der Waals surface area contributed by atoms with Crippen LogP contribution >= 0.6 is 31.9 Å². The van der Waals surface area contributed by atoms with Crippen LogP contribution in [0.25, 0.3) is 0 Å². The number of halogens is 2. The fourth-order valence-corrected chi connectivity index (χ4v) is 3.44. The molecule has 0 radical (unpaired) electrons. The van der Waals surface area contributed by atoms with Crippen LogP contribution in [0, 0.1) is 0 Å². The zero-order valence-electron chi connectivity index (χ0n) is 11.4. The minimum absolute atomic E-state index is 0.827. The highest BCUT2D eigenvalue weighted by Gasteiger charge is 2.18. The van der Waals surface area contributed by atoms with E-state index in [1.54, 1.807) is 0 Å². The number of benzene rings is 1. The van der Waals surface area contributed by atoms with E-state index in [0.717, 1.165) is 37.2 Å². The Bertz CT molecular complexity index is 423. The normalized spacial score (nSPS) is 13.7. The second-order valence-electron chi connectivity index (χ2n) is 5.14. The van der Waals surface area contributed by atoms with Gasteiger partial charge in [0.1, 0.15) is 5.75 Å². The van der Waals surface area contributed by atoms with Gasteiger partial charge in [0.25, 0.3) is 0 Å². The van der Waals surface area contributed by atoms with Gasteiger partial charge in [0.15, 0.2) is 0 Å². The standard InChI is InChI=1S/C15H21Br2NO/c1-18(7-4-2-3-6-16)11-13-10-14(17)9-12-5-8-19-15(12)13/h9-10H,2-8,11H2,1H3. The van der Waals surface area contributed by atoms with Crippen LogP contribution in [0.3, 0.4) is 0 Å². The van der Waals surface area contributed by atoms with Crippen molar-refractivity contribution in [2.45, 2.75) is 32.2 Å². The third-order valence-electron chi connectivity index (χ3n) is 3.44. The summed E-state index contributed by atoms with van der Waals surface area (Å²) in [7, 11) is 2.19. The molecule has 1 aromatic rings. The summed E-state index contributed by atoms with van der Waals surface area (Å²) in [6.07, 6.45) is 4.86. The van der Waals surface area contributed by atoms with Crippen molar-refractivity contribution in [2.75, 3.05) is 25.5 Å². The second kappa shape index (κ2) is 7.65. The Morgan fingerprint density at radius 1 is 1.26 bits per heavy atom. The summed E-state index contributed by atoms with van der Waals surface area (Å²) >= 11 is 7.08. The molecule has 106 valence electrons. The van der Waals surface area contributed by atoms with Gasteiger partial charge in [-0.15, -0.1) is 0 Å². The van der Waals surface area contributed by atoms with Gasteiger partial charge in [-0.05, 0) is 44.1 Å². The molecule has 0 saturated carbocycles. The molecule has 2 nitrogen and oxygen atoms in total. The molecule has 2 rings (SSSR count). The molecule has 0 saturated heterocycles. The van der Waals surface area contributed by atoms with E-state index in [2.05, 4.69) is 55.9 Å². The van der Waals surface area contributed by atoms with E-state index in [1.165, 1.54) is 34.9 Å². The Hall–Kier alpha value is -0.0600. The zero-order valence-corrected chi connectivity index (χ0v) is 14.6. The van der Waals surface area contributed by atoms with Crippen LogP contribution in [0.1, 0.15) is 30.4 Å². The van der Waals surface area contributed by atoms with E-state index >= 15 is 0 Å². The molecule has 0 spiro atoms. The molecule has 1 aliphatic heterocycles. The Morgan fingerprint density at radius 3 is 2.89 bits per heavy atom. The maximum absolute atomic E-state index is 5.77. The molecular weight excluding hydrogens is 370 g/mol. The van der Waals surface area contributed by atoms with Gasteiger partial charge in [-0.25, -0.2) is 0 Å². The fraction of sp³-hybridized carbons (Fsp3) is 0.600. The largest absolute Gasteiger partial charge is 0.493 e. The number of hydrogen-bond donors (Lipinski definition) is 0. The monoisotopic (exact) mass is 389 g/mol. The molecule has 0 fully saturated rings. The number of rotatable bonds is 7. The lowest BCUT2D eigenvalue weighted by Gasteiger charge is -2.18. The predicted molar refractivity (Wildman–Crippen MR) is 87.3 cm³/mol. The predicted octanol–water partition coefficient (Wildman–Crippen LogP) is 4.38. The average molecular weight is 391 g/mol. The topological polar surface area (TPSA) is 12.5 Å². The van der Waals surface area contributed by atoms with Crippen molar-refractivity contribution in [3.63, 3.8) is 0 Å². The Balaban J connectivity index is 1.92. The van der Waals surface area contributed by atoms with E-state index in [9.17, 15) is 0 Å². The van der Waals surface area contributed by atoms with Gasteiger partial charge in [-0.2, -0.15) is 0 Å². The lowest BCUT2D eigenvalue weighted by atomic mass is 10.1. The van der Waals surface area contributed by atoms with Crippen molar-refractivity contribution in [2.24, 2.45) is 0 Å². The summed E-state index contributed by atoms with van der Waals surface area (Å²) in [5, 5.41) is 1.11. The van der Waals surface area contributed by atoms with Crippen molar-refractivity contribution in [1.29, 1.82) is 0 Å². The van der Waals surface area contributed by atoms with E-state index < -0.39 is 0 Å². The first-order valence-corrected chi connectivity index (χ1v) is 8.80. The van der Waals surface area contributed by atoms with Gasteiger partial charge >= 0.3 is 0 Å². The van der Waals surface area contributed by atoms with E-state index in [4.69, 9.17) is 4.74 Å². The highest BCUT2D eigenvalue weighted by Crippen LogP contribution is 2.33. The summed E-state index contributed by atoms with van der Waals surface area (Å²) in [4.78, 5) is 2.39. The Labute approximate surface area is 132 Å². The number of unbranched alkanes of at least 4 members (excludes halogenated alkanes) is 2. The quantitative estimate of drug-likeness (QED) is 0.505. The Morgan fingerprint density at radius 2 is 2.11 bits per heavy atom. The van der Waals surface area contributed by atoms with Crippen LogP contribution in [-0.4, -0.2) is 30.4 Å². The van der Waals surface area contributed by atoms with Crippen LogP contribution < -0.4 is 4.74 Å². The maximum atomic E-state index is 5.77. The number of hydrogen-bond acceptors (Lipinski definition) is 2. The summed E-state index contributed by atoms with van der Waals surface area (Å²) in [5.74, 6) is 1.12. The summed E-state index contributed by atoms with van der Waals surface area (Å²) in [5.41, 5.74) is 2.65. The van der Waals surface area contributed by atoms with Gasteiger partial charge in [-0.1, -0.05) is 38.3 Å². The van der Waals surface area contributed by atoms with E-state index in [1.807, 2.05) is 0 Å². The van der Waals surface area contributed by atoms with E-state index in [-0.39, 0.29) is 0 Å². The van der Waals surface area contributed by atoms with Crippen LogP contribution in [0.2, 0.25) is 0 Å². The molecule has 4 heteroatoms. The first-order valence-electron chi connectivity index (χ1n) is 6.89. The SMILES string of the molecule is CN(CCCCCBr)Cc1cc(Br)cc2c1OCC2. The summed E-state index contributed by atoms with van der Waals surface area (Å²) in [6, 6.07) is 4.38. The zero-order chi connectivity index (χ0) is 13.7. The van der Waals surface area contributed by atoms with Crippen molar-refractivity contribution in [3.8, 4) is 5.75 Å². The number of alkyl halides is 1. The maximum Gasteiger partial charge on any atom is 0.127 e. The molecule has 0 unspecified atom stereocenters. The summed E-state index contributed by atoms with van der Waals surface area (Å²) < 4.78 is 6.94. The fourth-order valence-electron chi connectivity index (χ4n) is 2.49. The van der Waals surface area contributed by atoms with Crippen molar-refractivity contribution in [1.82, 2.24) is 4.90 Å².